The molecular formula is C25H32N2O6S. The number of nitrogens with zero attached hydrogens (tertiary/aromatic N) is 2. The highest BCUT2D eigenvalue weighted by molar-refractivity contribution is 7.89. The molecule has 0 N–H and O–H groups in total. The van der Waals surface area contributed by atoms with Gasteiger partial charge in [-0.2, -0.15) is 4.31 Å². The topological polar surface area (TPSA) is 93.2 Å². The van der Waals surface area contributed by atoms with Crippen LogP contribution in [0, 0.1) is 11.8 Å². The first-order valence-corrected chi connectivity index (χ1v) is 12.7. The van der Waals surface area contributed by atoms with Crippen LogP contribution in [0.5, 0.6) is 5.75 Å². The second-order valence-corrected chi connectivity index (χ2v) is 10.8. The lowest BCUT2D eigenvalue weighted by molar-refractivity contribution is -0.126. The van der Waals surface area contributed by atoms with E-state index in [4.69, 9.17) is 9.47 Å². The maximum atomic E-state index is 13.4. The van der Waals surface area contributed by atoms with Crippen molar-refractivity contribution in [1.82, 2.24) is 4.31 Å². The Hall–Kier alpha value is -2.91. The second-order valence-electron chi connectivity index (χ2n) is 8.91. The van der Waals surface area contributed by atoms with Crippen LogP contribution in [-0.2, 0) is 19.6 Å². The first kappa shape index (κ1) is 25.7. The third-order valence-electron chi connectivity index (χ3n) is 5.96. The highest BCUT2D eigenvalue weighted by atomic mass is 32.2. The van der Waals surface area contributed by atoms with Gasteiger partial charge in [-0.05, 0) is 55.5 Å². The maximum Gasteiger partial charge on any atom is 0.338 e. The highest BCUT2D eigenvalue weighted by Crippen LogP contribution is 2.32. The van der Waals surface area contributed by atoms with Crippen molar-refractivity contribution < 1.29 is 27.5 Å². The third-order valence-corrected chi connectivity index (χ3v) is 7.81. The zero-order chi connectivity index (χ0) is 25.0. The van der Waals surface area contributed by atoms with Gasteiger partial charge in [-0.25, -0.2) is 13.2 Å². The first-order valence-electron chi connectivity index (χ1n) is 11.3. The molecule has 3 unspecified atom stereocenters. The van der Waals surface area contributed by atoms with Gasteiger partial charge in [0, 0.05) is 25.8 Å². The normalized spacial score (nSPS) is 19.8. The standard InChI is InChI=1S/C25H32N2O6S/c1-17-13-18(2)16-27(15-17)34(30,31)23-14-20(11-12-22(23)32-5)25(29)33-19(3)24(28)26(4)21-9-7-6-8-10-21/h6-12,14,17-19H,13,15-16H2,1-5H3. The third kappa shape index (κ3) is 5.59. The number of piperidine rings is 1. The number of anilines is 1. The van der Waals surface area contributed by atoms with Crippen LogP contribution in [0.1, 0.15) is 37.6 Å². The van der Waals surface area contributed by atoms with E-state index >= 15 is 0 Å². The molecule has 0 bridgehead atoms. The Morgan fingerprint density at radius 2 is 1.68 bits per heavy atom. The van der Waals surface area contributed by atoms with Gasteiger partial charge in [0.25, 0.3) is 5.91 Å². The van der Waals surface area contributed by atoms with Crippen molar-refractivity contribution in [1.29, 1.82) is 0 Å². The summed E-state index contributed by atoms with van der Waals surface area (Å²) in [6.07, 6.45) is -0.109. The van der Waals surface area contributed by atoms with E-state index in [1.807, 2.05) is 19.9 Å². The van der Waals surface area contributed by atoms with E-state index in [1.165, 1.54) is 41.4 Å². The van der Waals surface area contributed by atoms with Gasteiger partial charge in [-0.1, -0.05) is 32.0 Å². The molecule has 1 fully saturated rings. The zero-order valence-corrected chi connectivity index (χ0v) is 21.0. The van der Waals surface area contributed by atoms with Gasteiger partial charge in [0.05, 0.1) is 12.7 Å². The number of sulfonamides is 1. The smallest absolute Gasteiger partial charge is 0.338 e. The molecule has 0 aliphatic carbocycles. The summed E-state index contributed by atoms with van der Waals surface area (Å²) in [5, 5.41) is 0. The number of hydrogen-bond donors (Lipinski definition) is 0. The fourth-order valence-electron chi connectivity index (χ4n) is 4.28. The lowest BCUT2D eigenvalue weighted by atomic mass is 9.94. The summed E-state index contributed by atoms with van der Waals surface area (Å²) in [6, 6.07) is 13.1. The van der Waals surface area contributed by atoms with E-state index < -0.39 is 28.0 Å². The number of methoxy groups -OCH3 is 1. The summed E-state index contributed by atoms with van der Waals surface area (Å²) in [7, 11) is -0.915. The Morgan fingerprint density at radius 1 is 1.06 bits per heavy atom. The van der Waals surface area contributed by atoms with Gasteiger partial charge in [-0.15, -0.1) is 0 Å². The molecule has 3 atom stereocenters. The van der Waals surface area contributed by atoms with Gasteiger partial charge in [0.15, 0.2) is 6.10 Å². The molecule has 2 aromatic rings. The van der Waals surface area contributed by atoms with Crippen LogP contribution in [0.3, 0.4) is 0 Å². The fourth-order valence-corrected chi connectivity index (χ4v) is 6.14. The predicted octanol–water partition coefficient (Wildman–Crippen LogP) is 3.57. The Balaban J connectivity index is 1.82. The van der Waals surface area contributed by atoms with Crippen molar-refractivity contribution in [2.24, 2.45) is 11.8 Å². The number of likely N-dealkylation sites (N-methyl/N-ethyl adjacent to an activating group) is 1. The summed E-state index contributed by atoms with van der Waals surface area (Å²) >= 11 is 0. The number of para-hydroxylation sites is 1. The first-order chi connectivity index (χ1) is 16.0. The minimum atomic E-state index is -3.90. The minimum absolute atomic E-state index is 0.0273. The van der Waals surface area contributed by atoms with Crippen molar-refractivity contribution in [3.8, 4) is 5.75 Å². The summed E-state index contributed by atoms with van der Waals surface area (Å²) in [6.45, 7) is 6.34. The summed E-state index contributed by atoms with van der Waals surface area (Å²) in [4.78, 5) is 26.9. The van der Waals surface area contributed by atoms with Crippen molar-refractivity contribution in [3.63, 3.8) is 0 Å². The number of esters is 1. The molecule has 0 radical (unpaired) electrons. The molecule has 1 amide bonds. The Bertz CT molecular complexity index is 1130. The van der Waals surface area contributed by atoms with E-state index in [1.54, 1.807) is 31.3 Å². The number of rotatable bonds is 7. The summed E-state index contributed by atoms with van der Waals surface area (Å²) in [5.41, 5.74) is 0.692. The number of benzene rings is 2. The SMILES string of the molecule is COc1ccc(C(=O)OC(C)C(=O)N(C)c2ccccc2)cc1S(=O)(=O)N1CC(C)CC(C)C1. The average Bonchev–Trinajstić information content (AvgIpc) is 2.82. The molecular weight excluding hydrogens is 456 g/mol. The molecule has 0 spiro atoms. The van der Waals surface area contributed by atoms with Crippen LogP contribution >= 0.6 is 0 Å². The fraction of sp³-hybridized carbons (Fsp3) is 0.440. The van der Waals surface area contributed by atoms with Crippen molar-refractivity contribution >= 4 is 27.6 Å². The summed E-state index contributed by atoms with van der Waals surface area (Å²) in [5.74, 6) is -0.591. The number of carbonyl (C=O) groups excluding carboxylic acids is 2. The van der Waals surface area contributed by atoms with E-state index in [2.05, 4.69) is 0 Å². The monoisotopic (exact) mass is 488 g/mol. The number of carbonyl (C=O) groups is 2. The van der Waals surface area contributed by atoms with E-state index in [9.17, 15) is 18.0 Å². The van der Waals surface area contributed by atoms with Gasteiger partial charge in [-0.3, -0.25) is 4.79 Å². The van der Waals surface area contributed by atoms with Crippen LogP contribution < -0.4 is 9.64 Å². The molecule has 9 heteroatoms. The maximum absolute atomic E-state index is 13.4. The molecule has 1 heterocycles. The Labute approximate surface area is 201 Å². The van der Waals surface area contributed by atoms with Crippen molar-refractivity contribution in [2.75, 3.05) is 32.1 Å². The van der Waals surface area contributed by atoms with Gasteiger partial charge >= 0.3 is 5.97 Å². The lowest BCUT2D eigenvalue weighted by Crippen LogP contribution is -2.42. The van der Waals surface area contributed by atoms with E-state index in [-0.39, 0.29) is 28.0 Å². The molecule has 3 rings (SSSR count). The van der Waals surface area contributed by atoms with Gasteiger partial charge in [0.1, 0.15) is 10.6 Å². The predicted molar refractivity (Wildman–Crippen MR) is 129 cm³/mol. The Morgan fingerprint density at radius 3 is 2.26 bits per heavy atom. The van der Waals surface area contributed by atoms with Crippen LogP contribution in [0.2, 0.25) is 0 Å². The minimum Gasteiger partial charge on any atom is -0.495 e. The zero-order valence-electron chi connectivity index (χ0n) is 20.2. The van der Waals surface area contributed by atoms with E-state index in [0.29, 0.717) is 18.8 Å². The Kier molecular flexibility index (Phi) is 7.99. The molecule has 8 nitrogen and oxygen atoms in total. The van der Waals surface area contributed by atoms with E-state index in [0.717, 1.165) is 6.42 Å². The van der Waals surface area contributed by atoms with Crippen LogP contribution in [0.15, 0.2) is 53.4 Å². The average molecular weight is 489 g/mol. The number of hydrogen-bond acceptors (Lipinski definition) is 6. The van der Waals surface area contributed by atoms with Gasteiger partial charge in [0.2, 0.25) is 10.0 Å². The molecule has 0 aromatic heterocycles. The summed E-state index contributed by atoms with van der Waals surface area (Å²) < 4.78 is 39.0. The highest BCUT2D eigenvalue weighted by Gasteiger charge is 2.34. The molecule has 1 aliphatic heterocycles. The molecule has 1 aliphatic rings. The van der Waals surface area contributed by atoms with Crippen molar-refractivity contribution in [3.05, 3.63) is 54.1 Å². The second kappa shape index (κ2) is 10.6. The largest absolute Gasteiger partial charge is 0.495 e. The number of ether oxygens (including phenoxy) is 2. The van der Waals surface area contributed by atoms with Gasteiger partial charge < -0.3 is 14.4 Å². The molecule has 0 saturated carbocycles. The molecule has 184 valence electrons. The quantitative estimate of drug-likeness (QED) is 0.553. The molecule has 2 aromatic carbocycles. The van der Waals surface area contributed by atoms with Crippen LogP contribution in [-0.4, -0.2) is 58.0 Å². The van der Waals surface area contributed by atoms with Crippen LogP contribution in [0.25, 0.3) is 0 Å². The molecule has 1 saturated heterocycles. The molecule has 34 heavy (non-hydrogen) atoms. The van der Waals surface area contributed by atoms with Crippen molar-refractivity contribution in [2.45, 2.75) is 38.2 Å². The lowest BCUT2D eigenvalue weighted by Gasteiger charge is -2.34. The van der Waals surface area contributed by atoms with Crippen LogP contribution in [0.4, 0.5) is 5.69 Å². The number of amides is 1.